The third-order valence-corrected chi connectivity index (χ3v) is 5.76. The fraction of sp³-hybridized carbons (Fsp3) is 0.320. The molecule has 2 aromatic carbocycles. The van der Waals surface area contributed by atoms with Crippen LogP contribution in [0.5, 0.6) is 17.2 Å². The van der Waals surface area contributed by atoms with Gasteiger partial charge in [0.25, 0.3) is 5.91 Å². The molecular weight excluding hydrogens is 462 g/mol. The van der Waals surface area contributed by atoms with Crippen molar-refractivity contribution in [1.29, 1.82) is 0 Å². The van der Waals surface area contributed by atoms with Gasteiger partial charge in [0.15, 0.2) is 6.61 Å². The molecule has 2 heterocycles. The zero-order valence-electron chi connectivity index (χ0n) is 18.6. The summed E-state index contributed by atoms with van der Waals surface area (Å²) in [5, 5.41) is 0.876. The van der Waals surface area contributed by atoms with Gasteiger partial charge in [-0.25, -0.2) is 0 Å². The van der Waals surface area contributed by atoms with E-state index in [2.05, 4.69) is 0 Å². The number of carbonyl (C=O) groups excluding carboxylic acids is 2. The second-order valence-corrected chi connectivity index (χ2v) is 8.30. The summed E-state index contributed by atoms with van der Waals surface area (Å²) >= 11 is 5.87. The van der Waals surface area contributed by atoms with Crippen molar-refractivity contribution >= 4 is 34.4 Å². The van der Waals surface area contributed by atoms with Crippen molar-refractivity contribution in [2.45, 2.75) is 19.8 Å². The number of benzene rings is 2. The lowest BCUT2D eigenvalue weighted by atomic mass is 9.98. The highest BCUT2D eigenvalue weighted by Gasteiger charge is 2.29. The molecule has 0 saturated carbocycles. The quantitative estimate of drug-likeness (QED) is 0.457. The van der Waals surface area contributed by atoms with Gasteiger partial charge in [0.2, 0.25) is 11.2 Å². The van der Waals surface area contributed by atoms with Crippen LogP contribution in [0.1, 0.15) is 19.8 Å². The minimum absolute atomic E-state index is 0.0416. The van der Waals surface area contributed by atoms with Crippen molar-refractivity contribution in [3.8, 4) is 17.2 Å². The molecule has 1 fully saturated rings. The Morgan fingerprint density at radius 2 is 1.91 bits per heavy atom. The van der Waals surface area contributed by atoms with Gasteiger partial charge in [-0.2, -0.15) is 0 Å². The van der Waals surface area contributed by atoms with E-state index in [9.17, 15) is 14.4 Å². The summed E-state index contributed by atoms with van der Waals surface area (Å²) in [6.45, 7) is 2.78. The molecule has 1 saturated heterocycles. The van der Waals surface area contributed by atoms with Gasteiger partial charge in [0.05, 0.1) is 17.9 Å². The molecule has 8 nitrogen and oxygen atoms in total. The monoisotopic (exact) mass is 485 g/mol. The van der Waals surface area contributed by atoms with Crippen LogP contribution in [0.2, 0.25) is 5.02 Å². The Labute approximate surface area is 201 Å². The van der Waals surface area contributed by atoms with Crippen molar-refractivity contribution in [3.05, 3.63) is 64.0 Å². The third kappa shape index (κ3) is 5.51. The van der Waals surface area contributed by atoms with Gasteiger partial charge < -0.3 is 23.5 Å². The van der Waals surface area contributed by atoms with E-state index in [4.69, 9.17) is 30.2 Å². The number of hydrogen-bond donors (Lipinski definition) is 0. The molecule has 3 aromatic rings. The molecule has 34 heavy (non-hydrogen) atoms. The average Bonchev–Trinajstić information content (AvgIpc) is 2.85. The van der Waals surface area contributed by atoms with Crippen LogP contribution in [0.15, 0.2) is 57.9 Å². The van der Waals surface area contributed by atoms with E-state index in [1.165, 1.54) is 6.26 Å². The predicted octanol–water partition coefficient (Wildman–Crippen LogP) is 4.42. The van der Waals surface area contributed by atoms with Crippen molar-refractivity contribution in [2.24, 2.45) is 5.92 Å². The highest BCUT2D eigenvalue weighted by atomic mass is 35.5. The number of halogens is 1. The first-order valence-corrected chi connectivity index (χ1v) is 11.4. The minimum Gasteiger partial charge on any atom is -0.484 e. The van der Waals surface area contributed by atoms with Gasteiger partial charge in [-0.3, -0.25) is 14.4 Å². The highest BCUT2D eigenvalue weighted by Crippen LogP contribution is 2.25. The first kappa shape index (κ1) is 23.6. The van der Waals surface area contributed by atoms with Crippen LogP contribution in [0.4, 0.5) is 0 Å². The van der Waals surface area contributed by atoms with E-state index in [1.54, 1.807) is 54.3 Å². The van der Waals surface area contributed by atoms with Gasteiger partial charge >= 0.3 is 5.97 Å². The van der Waals surface area contributed by atoms with E-state index < -0.39 is 0 Å². The first-order valence-electron chi connectivity index (χ1n) is 11.0. The maximum absolute atomic E-state index is 12.8. The number of esters is 1. The van der Waals surface area contributed by atoms with E-state index >= 15 is 0 Å². The number of fused-ring (bicyclic) bond motifs is 1. The SMILES string of the molecule is CCOC(=O)C1CCCN(C(=O)COc2ccc3c(=O)c(Oc4ccc(Cl)cc4)coc3c2)C1. The molecule has 1 amide bonds. The summed E-state index contributed by atoms with van der Waals surface area (Å²) in [4.78, 5) is 39.0. The molecule has 0 bridgehead atoms. The van der Waals surface area contributed by atoms with Crippen LogP contribution >= 0.6 is 11.6 Å². The lowest BCUT2D eigenvalue weighted by Gasteiger charge is -2.31. The Bertz CT molecular complexity index is 1240. The fourth-order valence-corrected chi connectivity index (χ4v) is 3.90. The molecule has 178 valence electrons. The molecule has 0 N–H and O–H groups in total. The van der Waals surface area contributed by atoms with Crippen molar-refractivity contribution in [2.75, 3.05) is 26.3 Å². The number of hydrogen-bond acceptors (Lipinski definition) is 7. The predicted molar refractivity (Wildman–Crippen MR) is 125 cm³/mol. The molecule has 0 spiro atoms. The number of likely N-dealkylation sites (tertiary alicyclic amines) is 1. The van der Waals surface area contributed by atoms with Gasteiger partial charge in [-0.15, -0.1) is 0 Å². The molecule has 1 aliphatic rings. The molecule has 1 atom stereocenters. The van der Waals surface area contributed by atoms with Crippen LogP contribution in [-0.4, -0.2) is 43.1 Å². The average molecular weight is 486 g/mol. The number of nitrogens with zero attached hydrogens (tertiary/aromatic N) is 1. The summed E-state index contributed by atoms with van der Waals surface area (Å²) < 4.78 is 21.9. The molecule has 1 aliphatic heterocycles. The van der Waals surface area contributed by atoms with Crippen molar-refractivity contribution in [3.63, 3.8) is 0 Å². The standard InChI is InChI=1S/C25H24ClNO7/c1-2-31-25(30)16-4-3-11-27(13-16)23(28)15-32-19-9-10-20-21(12-19)33-14-22(24(20)29)34-18-7-5-17(26)6-8-18/h5-10,12,14,16H,2-4,11,13,15H2,1H3. The van der Waals surface area contributed by atoms with Crippen molar-refractivity contribution < 1.29 is 28.2 Å². The van der Waals surface area contributed by atoms with E-state index in [0.29, 0.717) is 53.6 Å². The number of amides is 1. The summed E-state index contributed by atoms with van der Waals surface area (Å²) in [7, 11) is 0. The first-order chi connectivity index (χ1) is 16.4. The lowest BCUT2D eigenvalue weighted by Crippen LogP contribution is -2.44. The Kier molecular flexibility index (Phi) is 7.37. The van der Waals surface area contributed by atoms with Crippen LogP contribution in [0.25, 0.3) is 11.0 Å². The molecule has 9 heteroatoms. The normalized spacial score (nSPS) is 15.7. The summed E-state index contributed by atoms with van der Waals surface area (Å²) in [6.07, 6.45) is 2.67. The Balaban J connectivity index is 1.40. The third-order valence-electron chi connectivity index (χ3n) is 5.51. The van der Waals surface area contributed by atoms with Gasteiger partial charge in [-0.05, 0) is 56.2 Å². The summed E-state index contributed by atoms with van der Waals surface area (Å²) in [6, 6.07) is 11.3. The van der Waals surface area contributed by atoms with Crippen LogP contribution in [-0.2, 0) is 14.3 Å². The maximum atomic E-state index is 12.8. The smallest absolute Gasteiger partial charge is 0.310 e. The second-order valence-electron chi connectivity index (χ2n) is 7.86. The van der Waals surface area contributed by atoms with E-state index in [0.717, 1.165) is 6.42 Å². The van der Waals surface area contributed by atoms with E-state index in [1.807, 2.05) is 0 Å². The largest absolute Gasteiger partial charge is 0.484 e. The van der Waals surface area contributed by atoms with Crippen LogP contribution in [0, 0.1) is 5.92 Å². The van der Waals surface area contributed by atoms with Gasteiger partial charge in [0, 0.05) is 24.2 Å². The topological polar surface area (TPSA) is 95.3 Å². The Morgan fingerprint density at radius 1 is 1.15 bits per heavy atom. The minimum atomic E-state index is -0.336. The Morgan fingerprint density at radius 3 is 2.68 bits per heavy atom. The van der Waals surface area contributed by atoms with Gasteiger partial charge in [-0.1, -0.05) is 11.6 Å². The second kappa shape index (κ2) is 10.6. The summed E-state index contributed by atoms with van der Waals surface area (Å²) in [5.74, 6) is 0.0793. The van der Waals surface area contributed by atoms with Crippen LogP contribution < -0.4 is 14.9 Å². The molecule has 0 aliphatic carbocycles. The van der Waals surface area contributed by atoms with Gasteiger partial charge in [0.1, 0.15) is 23.3 Å². The zero-order valence-corrected chi connectivity index (χ0v) is 19.4. The van der Waals surface area contributed by atoms with Crippen molar-refractivity contribution in [1.82, 2.24) is 4.90 Å². The number of piperidine rings is 1. The molecule has 1 aromatic heterocycles. The highest BCUT2D eigenvalue weighted by molar-refractivity contribution is 6.30. The van der Waals surface area contributed by atoms with E-state index in [-0.39, 0.29) is 35.6 Å². The molecule has 1 unspecified atom stereocenters. The maximum Gasteiger partial charge on any atom is 0.310 e. The molecule has 0 radical (unpaired) electrons. The Hall–Kier alpha value is -3.52. The lowest BCUT2D eigenvalue weighted by molar-refractivity contribution is -0.151. The number of ether oxygens (including phenoxy) is 3. The number of rotatable bonds is 7. The number of carbonyl (C=O) groups is 2. The zero-order chi connectivity index (χ0) is 24.1. The summed E-state index contributed by atoms with van der Waals surface area (Å²) in [5.41, 5.74) is -0.0316. The van der Waals surface area contributed by atoms with Crippen LogP contribution in [0.3, 0.4) is 0 Å². The molecular formula is C25H24ClNO7. The molecule has 4 rings (SSSR count). The fourth-order valence-electron chi connectivity index (χ4n) is 3.77.